The first-order valence-electron chi connectivity index (χ1n) is 7.92. The number of hydrogen-bond donors (Lipinski definition) is 1. The SMILES string of the molecule is CCOc1cc(Br)c(CC(=O)Nc2ccncc2[N+](=O)[O-])cc1OCC. The molecule has 9 heteroatoms. The number of hydrogen-bond acceptors (Lipinski definition) is 6. The second kappa shape index (κ2) is 9.14. The quantitative estimate of drug-likeness (QED) is 0.512. The lowest BCUT2D eigenvalue weighted by Gasteiger charge is -2.14. The van der Waals surface area contributed by atoms with Crippen LogP contribution in [0.3, 0.4) is 0 Å². The van der Waals surface area contributed by atoms with Crippen molar-refractivity contribution >= 4 is 33.2 Å². The second-order valence-electron chi connectivity index (χ2n) is 5.13. The van der Waals surface area contributed by atoms with Gasteiger partial charge in [-0.1, -0.05) is 15.9 Å². The minimum Gasteiger partial charge on any atom is -0.490 e. The number of rotatable bonds is 8. The number of nitrogens with zero attached hydrogens (tertiary/aromatic N) is 2. The van der Waals surface area contributed by atoms with E-state index in [4.69, 9.17) is 9.47 Å². The summed E-state index contributed by atoms with van der Waals surface area (Å²) >= 11 is 3.42. The topological polar surface area (TPSA) is 104 Å². The van der Waals surface area contributed by atoms with E-state index in [0.29, 0.717) is 34.7 Å². The highest BCUT2D eigenvalue weighted by Gasteiger charge is 2.18. The van der Waals surface area contributed by atoms with Gasteiger partial charge in [0.25, 0.3) is 0 Å². The number of pyridine rings is 1. The van der Waals surface area contributed by atoms with E-state index in [0.717, 1.165) is 6.20 Å². The summed E-state index contributed by atoms with van der Waals surface area (Å²) in [6.45, 7) is 4.66. The molecule has 0 spiro atoms. The van der Waals surface area contributed by atoms with Gasteiger partial charge in [-0.05, 0) is 37.6 Å². The number of nitrogens with one attached hydrogen (secondary N) is 1. The molecule has 0 aliphatic heterocycles. The zero-order valence-corrected chi connectivity index (χ0v) is 15.9. The summed E-state index contributed by atoms with van der Waals surface area (Å²) in [5.74, 6) is 0.719. The lowest BCUT2D eigenvalue weighted by molar-refractivity contribution is -0.384. The molecule has 2 rings (SSSR count). The van der Waals surface area contributed by atoms with Crippen LogP contribution in [0.4, 0.5) is 11.4 Å². The van der Waals surface area contributed by atoms with Crippen LogP contribution in [0.5, 0.6) is 11.5 Å². The maximum atomic E-state index is 12.3. The van der Waals surface area contributed by atoms with Crippen molar-refractivity contribution in [3.63, 3.8) is 0 Å². The molecule has 1 N–H and O–H groups in total. The molecular formula is C17H18BrN3O5. The van der Waals surface area contributed by atoms with Gasteiger partial charge in [0, 0.05) is 10.7 Å². The Labute approximate surface area is 158 Å². The molecule has 0 saturated carbocycles. The van der Waals surface area contributed by atoms with E-state index in [1.54, 1.807) is 12.1 Å². The van der Waals surface area contributed by atoms with E-state index in [1.165, 1.54) is 12.3 Å². The highest BCUT2D eigenvalue weighted by Crippen LogP contribution is 2.34. The molecule has 0 bridgehead atoms. The molecule has 26 heavy (non-hydrogen) atoms. The Morgan fingerprint density at radius 3 is 2.54 bits per heavy atom. The van der Waals surface area contributed by atoms with Crippen molar-refractivity contribution in [2.45, 2.75) is 20.3 Å². The molecule has 0 aliphatic carbocycles. The summed E-state index contributed by atoms with van der Waals surface area (Å²) in [6.07, 6.45) is 2.48. The molecule has 0 saturated heterocycles. The largest absolute Gasteiger partial charge is 0.490 e. The first-order chi connectivity index (χ1) is 12.5. The van der Waals surface area contributed by atoms with Crippen LogP contribution in [0, 0.1) is 10.1 Å². The van der Waals surface area contributed by atoms with Crippen LogP contribution in [0.2, 0.25) is 0 Å². The van der Waals surface area contributed by atoms with E-state index in [2.05, 4.69) is 26.2 Å². The third kappa shape index (κ3) is 4.92. The molecule has 138 valence electrons. The zero-order chi connectivity index (χ0) is 19.1. The standard InChI is InChI=1S/C17H18BrN3O5/c1-3-25-15-7-11(12(18)9-16(15)26-4-2)8-17(22)20-13-5-6-19-10-14(13)21(23)24/h5-7,9-10H,3-4,8H2,1-2H3,(H,19,20,22). The third-order valence-corrected chi connectivity index (χ3v) is 4.07. The summed E-state index contributed by atoms with van der Waals surface area (Å²) in [6, 6.07) is 4.85. The lowest BCUT2D eigenvalue weighted by Crippen LogP contribution is -2.16. The highest BCUT2D eigenvalue weighted by molar-refractivity contribution is 9.10. The lowest BCUT2D eigenvalue weighted by atomic mass is 10.1. The number of amides is 1. The molecule has 0 radical (unpaired) electrons. The Morgan fingerprint density at radius 2 is 1.92 bits per heavy atom. The van der Waals surface area contributed by atoms with Gasteiger partial charge in [-0.25, -0.2) is 0 Å². The molecule has 1 aromatic carbocycles. The summed E-state index contributed by atoms with van der Waals surface area (Å²) in [5, 5.41) is 13.6. The van der Waals surface area contributed by atoms with Crippen molar-refractivity contribution in [1.82, 2.24) is 4.98 Å². The molecular weight excluding hydrogens is 406 g/mol. The van der Waals surface area contributed by atoms with Crippen molar-refractivity contribution < 1.29 is 19.2 Å². The van der Waals surface area contributed by atoms with E-state index in [-0.39, 0.29) is 17.8 Å². The van der Waals surface area contributed by atoms with Crippen LogP contribution in [0.15, 0.2) is 35.1 Å². The van der Waals surface area contributed by atoms with Crippen LogP contribution < -0.4 is 14.8 Å². The summed E-state index contributed by atoms with van der Waals surface area (Å²) in [7, 11) is 0. The van der Waals surface area contributed by atoms with E-state index in [9.17, 15) is 14.9 Å². The summed E-state index contributed by atoms with van der Waals surface area (Å²) < 4.78 is 11.8. The van der Waals surface area contributed by atoms with Gasteiger partial charge in [-0.3, -0.25) is 19.9 Å². The molecule has 1 aromatic heterocycles. The van der Waals surface area contributed by atoms with Gasteiger partial charge >= 0.3 is 5.69 Å². The molecule has 1 amide bonds. The monoisotopic (exact) mass is 423 g/mol. The zero-order valence-electron chi connectivity index (χ0n) is 14.3. The Kier molecular flexibility index (Phi) is 6.90. The number of carbonyl (C=O) groups excluding carboxylic acids is 1. The maximum Gasteiger partial charge on any atom is 0.310 e. The fraction of sp³-hybridized carbons (Fsp3) is 0.294. The van der Waals surface area contributed by atoms with Crippen molar-refractivity contribution in [3.8, 4) is 11.5 Å². The minimum atomic E-state index is -0.595. The Hall–Kier alpha value is -2.68. The van der Waals surface area contributed by atoms with Crippen LogP contribution in [-0.4, -0.2) is 29.0 Å². The smallest absolute Gasteiger partial charge is 0.310 e. The molecule has 0 aliphatic rings. The molecule has 2 aromatic rings. The second-order valence-corrected chi connectivity index (χ2v) is 5.99. The summed E-state index contributed by atoms with van der Waals surface area (Å²) in [4.78, 5) is 26.5. The summed E-state index contributed by atoms with van der Waals surface area (Å²) in [5.41, 5.74) is 0.509. The number of ether oxygens (including phenoxy) is 2. The van der Waals surface area contributed by atoms with Gasteiger partial charge in [-0.2, -0.15) is 0 Å². The molecule has 0 unspecified atom stereocenters. The number of carbonyl (C=O) groups is 1. The van der Waals surface area contributed by atoms with Gasteiger partial charge in [0.15, 0.2) is 11.5 Å². The average molecular weight is 424 g/mol. The van der Waals surface area contributed by atoms with Gasteiger partial charge in [-0.15, -0.1) is 0 Å². The van der Waals surface area contributed by atoms with Crippen LogP contribution in [0.1, 0.15) is 19.4 Å². The predicted molar refractivity (Wildman–Crippen MR) is 99.7 cm³/mol. The fourth-order valence-corrected chi connectivity index (χ4v) is 2.72. The average Bonchev–Trinajstić information content (AvgIpc) is 2.59. The van der Waals surface area contributed by atoms with E-state index >= 15 is 0 Å². The molecule has 0 atom stereocenters. The predicted octanol–water partition coefficient (Wildman–Crippen LogP) is 3.73. The number of nitro groups is 1. The first kappa shape index (κ1) is 19.6. The van der Waals surface area contributed by atoms with E-state index < -0.39 is 10.8 Å². The van der Waals surface area contributed by atoms with Crippen LogP contribution in [-0.2, 0) is 11.2 Å². The Morgan fingerprint density at radius 1 is 1.27 bits per heavy atom. The first-order valence-corrected chi connectivity index (χ1v) is 8.71. The number of benzene rings is 1. The van der Waals surface area contributed by atoms with Crippen LogP contribution in [0.25, 0.3) is 0 Å². The van der Waals surface area contributed by atoms with Crippen LogP contribution >= 0.6 is 15.9 Å². The molecule has 1 heterocycles. The molecule has 0 fully saturated rings. The van der Waals surface area contributed by atoms with Crippen molar-refractivity contribution in [2.75, 3.05) is 18.5 Å². The van der Waals surface area contributed by atoms with Gasteiger partial charge < -0.3 is 14.8 Å². The van der Waals surface area contributed by atoms with Gasteiger partial charge in [0.1, 0.15) is 11.9 Å². The van der Waals surface area contributed by atoms with Gasteiger partial charge in [0.2, 0.25) is 5.91 Å². The number of anilines is 1. The number of aromatic nitrogens is 1. The fourth-order valence-electron chi connectivity index (χ4n) is 2.25. The van der Waals surface area contributed by atoms with Crippen molar-refractivity contribution in [1.29, 1.82) is 0 Å². The van der Waals surface area contributed by atoms with Crippen molar-refractivity contribution in [2.24, 2.45) is 0 Å². The van der Waals surface area contributed by atoms with E-state index in [1.807, 2.05) is 13.8 Å². The Balaban J connectivity index is 2.21. The third-order valence-electron chi connectivity index (χ3n) is 3.33. The highest BCUT2D eigenvalue weighted by atomic mass is 79.9. The van der Waals surface area contributed by atoms with Gasteiger partial charge in [0.05, 0.1) is 24.6 Å². The maximum absolute atomic E-state index is 12.3. The minimum absolute atomic E-state index is 0.00649. The number of halogens is 1. The van der Waals surface area contributed by atoms with Crippen molar-refractivity contribution in [3.05, 3.63) is 50.7 Å². The normalized spacial score (nSPS) is 10.3. The Bertz CT molecular complexity index is 813. The molecule has 8 nitrogen and oxygen atoms in total.